The molecule has 2 heterocycles. The average molecular weight is 501 g/mol. The summed E-state index contributed by atoms with van der Waals surface area (Å²) >= 11 is 0. The number of rotatable bonds is 13. The van der Waals surface area contributed by atoms with Crippen LogP contribution in [0.3, 0.4) is 0 Å². The molecule has 36 heavy (non-hydrogen) atoms. The van der Waals surface area contributed by atoms with Crippen molar-refractivity contribution < 1.29 is 13.9 Å². The summed E-state index contributed by atoms with van der Waals surface area (Å²) in [5, 5.41) is 3.30. The highest BCUT2D eigenvalue weighted by molar-refractivity contribution is 6.05. The van der Waals surface area contributed by atoms with E-state index in [1.165, 1.54) is 4.90 Å². The summed E-state index contributed by atoms with van der Waals surface area (Å²) in [4.78, 5) is 27.9. The summed E-state index contributed by atoms with van der Waals surface area (Å²) in [7, 11) is 0. The molecule has 2 amide bonds. The number of carbonyl (C=O) groups is 1. The number of unbranched alkanes of at least 4 members (excludes halogenated alkanes) is 2. The van der Waals surface area contributed by atoms with Crippen LogP contribution in [-0.2, 0) is 6.54 Å². The Labute approximate surface area is 214 Å². The Morgan fingerprint density at radius 1 is 1.14 bits per heavy atom. The van der Waals surface area contributed by atoms with Crippen molar-refractivity contribution in [3.05, 3.63) is 35.8 Å². The molecule has 1 aliphatic rings. The number of halogens is 1. The second kappa shape index (κ2) is 12.9. The van der Waals surface area contributed by atoms with Gasteiger partial charge in [0, 0.05) is 36.9 Å². The highest BCUT2D eigenvalue weighted by atomic mass is 19.1. The summed E-state index contributed by atoms with van der Waals surface area (Å²) in [6.07, 6.45) is 5.01. The summed E-state index contributed by atoms with van der Waals surface area (Å²) in [5.74, 6) is 0.663. The smallest absolute Gasteiger partial charge is 0.330 e. The minimum atomic E-state index is -0.545. The fourth-order valence-corrected chi connectivity index (χ4v) is 4.66. The molecule has 1 aromatic carbocycles. The number of benzene rings is 1. The molecule has 0 saturated carbocycles. The van der Waals surface area contributed by atoms with E-state index in [0.29, 0.717) is 37.0 Å². The van der Waals surface area contributed by atoms with Crippen LogP contribution in [0.25, 0.3) is 0 Å². The third-order valence-corrected chi connectivity index (χ3v) is 6.44. The van der Waals surface area contributed by atoms with Crippen LogP contribution in [0.1, 0.15) is 66.4 Å². The lowest BCUT2D eigenvalue weighted by Crippen LogP contribution is -2.48. The molecule has 3 rings (SSSR count). The number of nitrogens with one attached hydrogen (secondary N) is 1. The Morgan fingerprint density at radius 3 is 2.56 bits per heavy atom. The van der Waals surface area contributed by atoms with E-state index in [2.05, 4.69) is 47.9 Å². The topological polar surface area (TPSA) is 73.8 Å². The average Bonchev–Trinajstić information content (AvgIpc) is 2.84. The molecule has 1 aromatic heterocycles. The van der Waals surface area contributed by atoms with Crippen molar-refractivity contribution in [2.45, 2.75) is 79.4 Å². The molecular weight excluding hydrogens is 459 g/mol. The summed E-state index contributed by atoms with van der Waals surface area (Å²) in [5.41, 5.74) is 0.955. The van der Waals surface area contributed by atoms with Gasteiger partial charge in [-0.05, 0) is 73.1 Å². The second-order valence-corrected chi connectivity index (χ2v) is 9.59. The molecule has 198 valence electrons. The van der Waals surface area contributed by atoms with Crippen LogP contribution < -0.4 is 19.9 Å². The number of hydrogen-bond acceptors (Lipinski definition) is 6. The lowest BCUT2D eigenvalue weighted by Gasteiger charge is -2.35. The van der Waals surface area contributed by atoms with Gasteiger partial charge < -0.3 is 10.1 Å². The van der Waals surface area contributed by atoms with E-state index in [1.807, 2.05) is 6.92 Å². The van der Waals surface area contributed by atoms with Crippen LogP contribution >= 0.6 is 0 Å². The zero-order valence-corrected chi connectivity index (χ0v) is 22.6. The van der Waals surface area contributed by atoms with Gasteiger partial charge in [-0.2, -0.15) is 4.98 Å². The number of amides is 2. The maximum Gasteiger partial charge on any atom is 0.330 e. The summed E-state index contributed by atoms with van der Waals surface area (Å²) in [6.45, 7) is 15.5. The first-order chi connectivity index (χ1) is 17.3. The van der Waals surface area contributed by atoms with E-state index >= 15 is 4.39 Å². The van der Waals surface area contributed by atoms with Crippen molar-refractivity contribution in [2.24, 2.45) is 0 Å². The fourth-order valence-electron chi connectivity index (χ4n) is 4.66. The normalized spacial score (nSPS) is 13.7. The van der Waals surface area contributed by atoms with E-state index in [4.69, 9.17) is 4.74 Å². The third-order valence-electron chi connectivity index (χ3n) is 6.44. The predicted molar refractivity (Wildman–Crippen MR) is 144 cm³/mol. The van der Waals surface area contributed by atoms with Gasteiger partial charge in [0.05, 0.1) is 18.8 Å². The summed E-state index contributed by atoms with van der Waals surface area (Å²) in [6, 6.07) is 5.63. The maximum absolute atomic E-state index is 15.1. The molecule has 1 N–H and O–H groups in total. The van der Waals surface area contributed by atoms with E-state index < -0.39 is 5.82 Å². The number of aromatic nitrogens is 2. The molecule has 9 heteroatoms. The van der Waals surface area contributed by atoms with Crippen LogP contribution in [0, 0.1) is 5.82 Å². The maximum atomic E-state index is 15.1. The molecule has 0 fully saturated rings. The SMILES string of the molecule is CCOc1cccc(N2Cc3cnc(NCCCCCN(C(C)C)C(C)C)nc3N(CC)C2=O)c1F. The van der Waals surface area contributed by atoms with Crippen LogP contribution in [0.5, 0.6) is 5.75 Å². The molecule has 0 saturated heterocycles. The fraction of sp³-hybridized carbons (Fsp3) is 0.593. The number of fused-ring (bicyclic) bond motifs is 1. The third kappa shape index (κ3) is 6.43. The molecule has 0 aliphatic carbocycles. The molecule has 0 atom stereocenters. The highest BCUT2D eigenvalue weighted by Gasteiger charge is 2.34. The molecule has 0 spiro atoms. The van der Waals surface area contributed by atoms with Crippen molar-refractivity contribution in [3.63, 3.8) is 0 Å². The zero-order chi connectivity index (χ0) is 26.2. The van der Waals surface area contributed by atoms with Gasteiger partial charge in [0.25, 0.3) is 0 Å². The van der Waals surface area contributed by atoms with Gasteiger partial charge in [-0.1, -0.05) is 12.5 Å². The lowest BCUT2D eigenvalue weighted by molar-refractivity contribution is 0.171. The number of carbonyl (C=O) groups excluding carboxylic acids is 1. The predicted octanol–water partition coefficient (Wildman–Crippen LogP) is 5.68. The number of urea groups is 1. The van der Waals surface area contributed by atoms with E-state index in [1.54, 1.807) is 36.2 Å². The van der Waals surface area contributed by atoms with E-state index in [0.717, 1.165) is 37.9 Å². The van der Waals surface area contributed by atoms with Crippen molar-refractivity contribution in [1.29, 1.82) is 0 Å². The van der Waals surface area contributed by atoms with Crippen LogP contribution in [-0.4, -0.2) is 59.2 Å². The van der Waals surface area contributed by atoms with Crippen molar-refractivity contribution in [2.75, 3.05) is 41.4 Å². The van der Waals surface area contributed by atoms with Gasteiger partial charge >= 0.3 is 6.03 Å². The van der Waals surface area contributed by atoms with Crippen molar-refractivity contribution in [1.82, 2.24) is 14.9 Å². The quantitative estimate of drug-likeness (QED) is 0.357. The number of nitrogens with zero attached hydrogens (tertiary/aromatic N) is 5. The van der Waals surface area contributed by atoms with E-state index in [9.17, 15) is 4.79 Å². The Hall–Kier alpha value is -2.94. The molecule has 0 unspecified atom stereocenters. The Morgan fingerprint density at radius 2 is 1.89 bits per heavy atom. The van der Waals surface area contributed by atoms with Gasteiger partial charge in [-0.25, -0.2) is 14.2 Å². The number of anilines is 3. The van der Waals surface area contributed by atoms with Gasteiger partial charge in [-0.15, -0.1) is 0 Å². The number of ether oxygens (including phenoxy) is 1. The van der Waals surface area contributed by atoms with Gasteiger partial charge in [0.2, 0.25) is 5.95 Å². The summed E-state index contributed by atoms with van der Waals surface area (Å²) < 4.78 is 20.4. The molecule has 0 radical (unpaired) electrons. The standard InChI is InChI=1S/C27H41FN6O2/c1-7-32-25-21(18-34(27(32)35)22-13-12-14-23(24(22)28)36-8-2)17-30-26(31-25)29-15-10-9-11-16-33(19(3)4)20(5)6/h12-14,17,19-20H,7-11,15-16,18H2,1-6H3,(H,29,30,31). The van der Waals surface area contributed by atoms with Crippen LogP contribution in [0.2, 0.25) is 0 Å². The number of hydrogen-bond donors (Lipinski definition) is 1. The monoisotopic (exact) mass is 500 g/mol. The first-order valence-electron chi connectivity index (χ1n) is 13.1. The highest BCUT2D eigenvalue weighted by Crippen LogP contribution is 2.34. The molecule has 1 aliphatic heterocycles. The van der Waals surface area contributed by atoms with Crippen LogP contribution in [0.4, 0.5) is 26.6 Å². The Bertz CT molecular complexity index is 1010. The Balaban J connectivity index is 1.63. The first kappa shape index (κ1) is 27.6. The largest absolute Gasteiger partial charge is 0.491 e. The second-order valence-electron chi connectivity index (χ2n) is 9.59. The van der Waals surface area contributed by atoms with Crippen LogP contribution in [0.15, 0.2) is 24.4 Å². The first-order valence-corrected chi connectivity index (χ1v) is 13.1. The molecular formula is C27H41FN6O2. The van der Waals surface area contributed by atoms with Gasteiger partial charge in [0.15, 0.2) is 11.6 Å². The van der Waals surface area contributed by atoms with Crippen molar-refractivity contribution >= 4 is 23.5 Å². The zero-order valence-electron chi connectivity index (χ0n) is 22.6. The molecule has 8 nitrogen and oxygen atoms in total. The molecule has 0 bridgehead atoms. The van der Waals surface area contributed by atoms with Gasteiger partial charge in [0.1, 0.15) is 5.82 Å². The van der Waals surface area contributed by atoms with Gasteiger partial charge in [-0.3, -0.25) is 14.7 Å². The minimum absolute atomic E-state index is 0.133. The van der Waals surface area contributed by atoms with Crippen molar-refractivity contribution in [3.8, 4) is 5.75 Å². The molecule has 2 aromatic rings. The van der Waals surface area contributed by atoms with E-state index in [-0.39, 0.29) is 24.0 Å². The Kier molecular flexibility index (Phi) is 9.87. The minimum Gasteiger partial charge on any atom is -0.491 e. The lowest BCUT2D eigenvalue weighted by atomic mass is 10.1.